The molecule has 322 valence electrons. The molecule has 5 amide bonds. The van der Waals surface area contributed by atoms with E-state index in [1.807, 2.05) is 83.0 Å². The molecule has 7 fully saturated rings. The number of hydrogen-bond donors (Lipinski definition) is 3. The molecule has 6 N–H and O–H groups in total. The molecule has 0 unspecified atom stereocenters. The van der Waals surface area contributed by atoms with E-state index in [1.54, 1.807) is 21.9 Å². The lowest BCUT2D eigenvalue weighted by atomic mass is 10.0. The molecule has 61 heavy (non-hydrogen) atoms. The summed E-state index contributed by atoms with van der Waals surface area (Å²) in [6.45, 7) is 6.04. The molecule has 9 rings (SSSR count). The molecule has 7 aliphatic rings. The van der Waals surface area contributed by atoms with Crippen molar-refractivity contribution in [1.82, 2.24) is 29.4 Å². The lowest BCUT2D eigenvalue weighted by molar-refractivity contribution is -0.141. The zero-order valence-corrected chi connectivity index (χ0v) is 35.1. The van der Waals surface area contributed by atoms with Crippen molar-refractivity contribution in [2.24, 2.45) is 29.0 Å². The number of fused-ring (bicyclic) bond motifs is 4. The van der Waals surface area contributed by atoms with Crippen LogP contribution in [0.5, 0.6) is 0 Å². The lowest BCUT2D eigenvalue weighted by Crippen LogP contribution is -2.57. The first kappa shape index (κ1) is 42.3. The number of piperazine rings is 1. The van der Waals surface area contributed by atoms with Gasteiger partial charge in [0, 0.05) is 49.9 Å². The second-order valence-electron chi connectivity index (χ2n) is 18.2. The molecule has 0 spiro atoms. The van der Waals surface area contributed by atoms with E-state index in [4.69, 9.17) is 17.2 Å². The third-order valence-corrected chi connectivity index (χ3v) is 14.5. The molecule has 16 nitrogen and oxygen atoms in total. The van der Waals surface area contributed by atoms with Gasteiger partial charge in [0.05, 0.1) is 48.4 Å². The molecule has 5 heterocycles. The van der Waals surface area contributed by atoms with Crippen molar-refractivity contribution in [2.45, 2.75) is 119 Å². The van der Waals surface area contributed by atoms with Crippen LogP contribution in [-0.4, -0.2) is 147 Å². The minimum absolute atomic E-state index is 0.0187. The fourth-order valence-corrected chi connectivity index (χ4v) is 10.9. The molecular formula is C45H57N11O5. The van der Waals surface area contributed by atoms with Crippen LogP contribution in [0, 0.1) is 34.5 Å². The van der Waals surface area contributed by atoms with Crippen LogP contribution >= 0.6 is 0 Å². The maximum absolute atomic E-state index is 13.2. The van der Waals surface area contributed by atoms with E-state index in [0.29, 0.717) is 43.6 Å². The Hall–Kier alpha value is -5.39. The highest BCUT2D eigenvalue weighted by atomic mass is 16.2. The van der Waals surface area contributed by atoms with Crippen LogP contribution < -0.4 is 17.2 Å². The summed E-state index contributed by atoms with van der Waals surface area (Å²) >= 11 is 0. The maximum Gasteiger partial charge on any atom is 0.248 e. The Labute approximate surface area is 357 Å². The summed E-state index contributed by atoms with van der Waals surface area (Å²) < 4.78 is 0. The summed E-state index contributed by atoms with van der Waals surface area (Å²) in [5.74, 6) is 0.247. The van der Waals surface area contributed by atoms with Crippen LogP contribution in [-0.2, 0) is 19.2 Å². The van der Waals surface area contributed by atoms with Crippen molar-refractivity contribution in [2.75, 3.05) is 33.2 Å². The van der Waals surface area contributed by atoms with Gasteiger partial charge in [0.15, 0.2) is 0 Å². The van der Waals surface area contributed by atoms with Gasteiger partial charge >= 0.3 is 0 Å². The third kappa shape index (κ3) is 7.98. The van der Waals surface area contributed by atoms with Gasteiger partial charge in [-0.05, 0) is 94.5 Å². The number of benzene rings is 2. The van der Waals surface area contributed by atoms with Gasteiger partial charge in [-0.2, -0.15) is 10.5 Å². The van der Waals surface area contributed by atoms with Gasteiger partial charge in [0.2, 0.25) is 29.5 Å². The van der Waals surface area contributed by atoms with E-state index in [0.717, 1.165) is 49.7 Å². The Kier molecular flexibility index (Phi) is 11.7. The predicted molar refractivity (Wildman–Crippen MR) is 223 cm³/mol. The summed E-state index contributed by atoms with van der Waals surface area (Å²) in [7, 11) is 1.86. The number of piperidine rings is 2. The van der Waals surface area contributed by atoms with Crippen molar-refractivity contribution < 1.29 is 24.0 Å². The van der Waals surface area contributed by atoms with Crippen LogP contribution in [0.1, 0.15) is 85.9 Å². The average molecular weight is 832 g/mol. The summed E-state index contributed by atoms with van der Waals surface area (Å²) in [5.41, 5.74) is 20.3. The monoisotopic (exact) mass is 831 g/mol. The van der Waals surface area contributed by atoms with Crippen LogP contribution in [0.3, 0.4) is 0 Å². The SMILES string of the molecule is C[C@@H](c1ccc(C(N)=O)cc1)N1C(=O)[C@@H]2C[C@H]1CN2C[C@H](N)C(=O)N1[C@H](C#N)C[C@@H]2C[C@@H]21.C[C@@H](c1ccccc1)N1CC[C@H](N(C)C[C@H](N)C(=O)N2[C@H](C#N)C[C@@H]3C[C@@H]32)C1=O. The summed E-state index contributed by atoms with van der Waals surface area (Å²) in [6.07, 6.45) is 4.92. The molecule has 2 aromatic carbocycles. The molecule has 0 aromatic heterocycles. The number of primary amides is 1. The highest BCUT2D eigenvalue weighted by Gasteiger charge is 2.57. The van der Waals surface area contributed by atoms with Crippen molar-refractivity contribution in [1.29, 1.82) is 10.5 Å². The van der Waals surface area contributed by atoms with Gasteiger partial charge in [0.1, 0.15) is 12.1 Å². The molecule has 5 aliphatic heterocycles. The topological polar surface area (TPSA) is 230 Å². The Morgan fingerprint density at radius 1 is 0.787 bits per heavy atom. The highest BCUT2D eigenvalue weighted by molar-refractivity contribution is 5.93. The van der Waals surface area contributed by atoms with Gasteiger partial charge in [-0.25, -0.2) is 0 Å². The minimum Gasteiger partial charge on any atom is -0.366 e. The van der Waals surface area contributed by atoms with E-state index < -0.39 is 18.0 Å². The first-order chi connectivity index (χ1) is 29.2. The zero-order chi connectivity index (χ0) is 43.4. The van der Waals surface area contributed by atoms with Crippen LogP contribution in [0.4, 0.5) is 0 Å². The largest absolute Gasteiger partial charge is 0.366 e. The summed E-state index contributed by atoms with van der Waals surface area (Å²) in [5, 5.41) is 18.7. The second-order valence-corrected chi connectivity index (χ2v) is 18.2. The fourth-order valence-electron chi connectivity index (χ4n) is 10.9. The van der Waals surface area contributed by atoms with Crippen LogP contribution in [0.2, 0.25) is 0 Å². The van der Waals surface area contributed by atoms with E-state index in [1.165, 1.54) is 0 Å². The Morgan fingerprint density at radius 3 is 1.92 bits per heavy atom. The molecule has 16 heteroatoms. The molecule has 0 radical (unpaired) electrons. The molecule has 2 bridgehead atoms. The Bertz CT molecular complexity index is 2120. The number of nitrogens with two attached hydrogens (primary N) is 3. The van der Waals surface area contributed by atoms with E-state index in [9.17, 15) is 34.5 Å². The van der Waals surface area contributed by atoms with Crippen LogP contribution in [0.25, 0.3) is 0 Å². The van der Waals surface area contributed by atoms with Gasteiger partial charge in [-0.1, -0.05) is 42.5 Å². The predicted octanol–water partition coefficient (Wildman–Crippen LogP) is 1.09. The lowest BCUT2D eigenvalue weighted by Gasteiger charge is -2.38. The molecule has 5 saturated heterocycles. The number of carbonyl (C=O) groups is 5. The first-order valence-electron chi connectivity index (χ1n) is 21.7. The maximum atomic E-state index is 13.2. The van der Waals surface area contributed by atoms with Gasteiger partial charge < -0.3 is 36.8 Å². The highest BCUT2D eigenvalue weighted by Crippen LogP contribution is 2.49. The normalized spacial score (nSPS) is 31.4. The Morgan fingerprint density at radius 2 is 1.36 bits per heavy atom. The van der Waals surface area contributed by atoms with E-state index in [2.05, 4.69) is 12.1 Å². The molecule has 13 atom stereocenters. The van der Waals surface area contributed by atoms with Crippen LogP contribution in [0.15, 0.2) is 54.6 Å². The fraction of sp³-hybridized carbons (Fsp3) is 0.578. The summed E-state index contributed by atoms with van der Waals surface area (Å²) in [4.78, 5) is 74.5. The van der Waals surface area contributed by atoms with Gasteiger partial charge in [0.25, 0.3) is 0 Å². The number of amides is 5. The number of nitrogens with zero attached hydrogens (tertiary/aromatic N) is 8. The number of rotatable bonds is 12. The van der Waals surface area contributed by atoms with Crippen molar-refractivity contribution in [3.63, 3.8) is 0 Å². The van der Waals surface area contributed by atoms with Gasteiger partial charge in [-0.15, -0.1) is 0 Å². The number of likely N-dealkylation sites (N-methyl/N-ethyl adjacent to an activating group) is 1. The van der Waals surface area contributed by atoms with Crippen molar-refractivity contribution in [3.8, 4) is 12.1 Å². The number of hydrogen-bond acceptors (Lipinski definition) is 11. The number of likely N-dealkylation sites (tertiary alicyclic amines) is 5. The smallest absolute Gasteiger partial charge is 0.248 e. The molecule has 2 saturated carbocycles. The van der Waals surface area contributed by atoms with Crippen molar-refractivity contribution >= 4 is 29.5 Å². The quantitative estimate of drug-likeness (QED) is 0.274. The Balaban J connectivity index is 0.000000169. The zero-order valence-electron chi connectivity index (χ0n) is 35.1. The van der Waals surface area contributed by atoms with E-state index in [-0.39, 0.29) is 78.0 Å². The first-order valence-corrected chi connectivity index (χ1v) is 21.7. The second kappa shape index (κ2) is 16.8. The van der Waals surface area contributed by atoms with Gasteiger partial charge in [-0.3, -0.25) is 33.8 Å². The minimum atomic E-state index is -0.732. The standard InChI is InChI=1S/C23H28N6O3.C22H29N5O2/c1-12(13-2-4-14(5-3-13)21(26)30)28-17-8-20(23(28)32)27(10-17)11-18(25)22(31)29-16(9-24)6-15-7-19(15)29;1-14(15-6-4-3-5-7-15)26-9-8-19(22(26)29)25(2)13-18(24)21(28)27-17(12-23)10-16-11-20(16)27/h2-5,12,15-20H,6-8,10-11,25H2,1H3,(H2,26,30);3-7,14,16-20H,8-11,13,24H2,1-2H3/t12-,15+,16-,17-,18-,19-,20-;14-,16+,17-,18-,19-,20-/m00/s1. The summed E-state index contributed by atoms with van der Waals surface area (Å²) in [6, 6.07) is 19.1. The van der Waals surface area contributed by atoms with E-state index >= 15 is 0 Å². The average Bonchev–Trinajstić information content (AvgIpc) is 3.87. The number of carbonyl (C=O) groups excluding carboxylic acids is 5. The third-order valence-electron chi connectivity index (χ3n) is 14.5. The molecular weight excluding hydrogens is 775 g/mol. The van der Waals surface area contributed by atoms with Crippen molar-refractivity contribution in [3.05, 3.63) is 71.3 Å². The molecule has 2 aromatic rings. The molecule has 2 aliphatic carbocycles. The number of nitriles is 2.